The molecule has 0 aromatic carbocycles. The molecule has 0 unspecified atom stereocenters. The number of piperidine rings is 1. The molecule has 3 spiro atoms. The Kier molecular flexibility index (Phi) is 3.09. The van der Waals surface area contributed by atoms with E-state index in [-0.39, 0.29) is 5.79 Å². The molecule has 24 heavy (non-hydrogen) atoms. The van der Waals surface area contributed by atoms with E-state index in [9.17, 15) is 0 Å². The van der Waals surface area contributed by atoms with Gasteiger partial charge in [-0.2, -0.15) is 9.78 Å². The third kappa shape index (κ3) is 2.00. The summed E-state index contributed by atoms with van der Waals surface area (Å²) in [6.07, 6.45) is 13.9. The first-order valence-electron chi connectivity index (χ1n) is 10.5. The van der Waals surface area contributed by atoms with Crippen molar-refractivity contribution in [3.63, 3.8) is 0 Å². The molecule has 0 amide bonds. The average molecular weight is 333 g/mol. The lowest BCUT2D eigenvalue weighted by atomic mass is 9.53. The van der Waals surface area contributed by atoms with Gasteiger partial charge >= 0.3 is 0 Å². The van der Waals surface area contributed by atoms with Gasteiger partial charge in [0.15, 0.2) is 0 Å². The van der Waals surface area contributed by atoms with Crippen molar-refractivity contribution in [3.05, 3.63) is 0 Å². The Bertz CT molecular complexity index is 489. The van der Waals surface area contributed by atoms with Crippen LogP contribution >= 0.6 is 0 Å². The second-order valence-corrected chi connectivity index (χ2v) is 9.96. The number of hydrogen-bond donors (Lipinski definition) is 1. The molecule has 2 aliphatic heterocycles. The quantitative estimate of drug-likeness (QED) is 0.685. The van der Waals surface area contributed by atoms with E-state index in [1.165, 1.54) is 70.9 Å². The highest BCUT2D eigenvalue weighted by molar-refractivity contribution is 5.06. The third-order valence-corrected chi connectivity index (χ3v) is 8.68. The van der Waals surface area contributed by atoms with E-state index in [1.807, 2.05) is 0 Å². The first-order chi connectivity index (χ1) is 11.7. The van der Waals surface area contributed by atoms with E-state index >= 15 is 0 Å². The van der Waals surface area contributed by atoms with Crippen LogP contribution in [0.1, 0.15) is 70.6 Å². The summed E-state index contributed by atoms with van der Waals surface area (Å²) in [6.45, 7) is 2.37. The van der Waals surface area contributed by atoms with Gasteiger partial charge in [0.05, 0.1) is 0 Å². The summed E-state index contributed by atoms with van der Waals surface area (Å²) in [7, 11) is 0. The zero-order valence-electron chi connectivity index (χ0n) is 14.7. The van der Waals surface area contributed by atoms with Gasteiger partial charge in [0.1, 0.15) is 0 Å². The molecular formula is C20H31NO3. The molecular weight excluding hydrogens is 302 g/mol. The Hall–Kier alpha value is -0.160. The fourth-order valence-electron chi connectivity index (χ4n) is 7.41. The van der Waals surface area contributed by atoms with E-state index in [2.05, 4.69) is 5.32 Å². The van der Waals surface area contributed by atoms with Crippen LogP contribution < -0.4 is 5.32 Å². The van der Waals surface area contributed by atoms with Crippen molar-refractivity contribution in [2.45, 2.75) is 82.2 Å². The van der Waals surface area contributed by atoms with Crippen molar-refractivity contribution in [1.82, 2.24) is 5.32 Å². The second-order valence-electron chi connectivity index (χ2n) is 9.96. The maximum Gasteiger partial charge on any atom is 0.210 e. The highest BCUT2D eigenvalue weighted by atomic mass is 17.3. The van der Waals surface area contributed by atoms with Crippen LogP contribution in [0.5, 0.6) is 0 Å². The standard InChI is InChI=1S/C20H31NO3/c1-3-19(4-2-18(1)5-7-21-8-6-18)22-20(24-23-19)16-10-14-9-15(12-16)13-17(20)11-14/h14-17,21H,1-13H2. The number of ether oxygens (including phenoxy) is 1. The van der Waals surface area contributed by atoms with E-state index < -0.39 is 5.79 Å². The highest BCUT2D eigenvalue weighted by Gasteiger charge is 2.67. The molecule has 7 rings (SSSR count). The average Bonchev–Trinajstić information content (AvgIpc) is 2.97. The molecule has 0 radical (unpaired) electrons. The van der Waals surface area contributed by atoms with Gasteiger partial charge in [0.25, 0.3) is 0 Å². The van der Waals surface area contributed by atoms with Gasteiger partial charge in [-0.1, -0.05) is 0 Å². The smallest absolute Gasteiger partial charge is 0.210 e. The molecule has 0 aromatic heterocycles. The molecule has 0 aromatic rings. The molecule has 134 valence electrons. The lowest BCUT2D eigenvalue weighted by Gasteiger charge is -2.57. The SMILES string of the molecule is C1CC2(CCN1)CCC1(CC2)OOC2(O1)C1CC3CC(C1)CC2C3. The minimum Gasteiger partial charge on any atom is -0.317 e. The van der Waals surface area contributed by atoms with Gasteiger partial charge < -0.3 is 10.1 Å². The molecule has 4 heteroatoms. The number of rotatable bonds is 0. The molecule has 1 N–H and O–H groups in total. The molecule has 4 nitrogen and oxygen atoms in total. The van der Waals surface area contributed by atoms with Gasteiger partial charge in [0, 0.05) is 24.7 Å². The maximum absolute atomic E-state index is 6.83. The molecule has 5 aliphatic carbocycles. The normalized spacial score (nSPS) is 51.0. The van der Waals surface area contributed by atoms with Crippen LogP contribution in [0, 0.1) is 29.1 Å². The monoisotopic (exact) mass is 333 g/mol. The van der Waals surface area contributed by atoms with Crippen LogP contribution in [0.2, 0.25) is 0 Å². The third-order valence-electron chi connectivity index (χ3n) is 8.68. The lowest BCUT2D eigenvalue weighted by Crippen LogP contribution is -2.59. The summed E-state index contributed by atoms with van der Waals surface area (Å²) in [5.41, 5.74) is 0.545. The van der Waals surface area contributed by atoms with Crippen molar-refractivity contribution in [2.24, 2.45) is 29.1 Å². The van der Waals surface area contributed by atoms with Gasteiger partial charge in [-0.25, -0.2) is 0 Å². The Morgan fingerprint density at radius 1 is 0.667 bits per heavy atom. The summed E-state index contributed by atoms with van der Waals surface area (Å²) in [5, 5.41) is 3.51. The maximum atomic E-state index is 6.83. The highest BCUT2D eigenvalue weighted by Crippen LogP contribution is 2.64. The van der Waals surface area contributed by atoms with Gasteiger partial charge in [-0.15, -0.1) is 0 Å². The van der Waals surface area contributed by atoms with Crippen LogP contribution in [0.15, 0.2) is 0 Å². The predicted octanol–water partition coefficient (Wildman–Crippen LogP) is 3.76. The van der Waals surface area contributed by atoms with E-state index in [0.717, 1.165) is 24.7 Å². The van der Waals surface area contributed by atoms with Crippen LogP contribution in [0.25, 0.3) is 0 Å². The summed E-state index contributed by atoms with van der Waals surface area (Å²) in [4.78, 5) is 12.2. The first-order valence-corrected chi connectivity index (χ1v) is 10.5. The topological polar surface area (TPSA) is 39.7 Å². The Morgan fingerprint density at radius 3 is 1.92 bits per heavy atom. The summed E-state index contributed by atoms with van der Waals surface area (Å²) in [6, 6.07) is 0. The zero-order valence-corrected chi connectivity index (χ0v) is 14.7. The fraction of sp³-hybridized carbons (Fsp3) is 1.00. The summed E-state index contributed by atoms with van der Waals surface area (Å²) in [5.74, 6) is 2.24. The predicted molar refractivity (Wildman–Crippen MR) is 88.8 cm³/mol. The summed E-state index contributed by atoms with van der Waals surface area (Å²) >= 11 is 0. The van der Waals surface area contributed by atoms with Gasteiger partial charge in [-0.05, 0) is 88.1 Å². The van der Waals surface area contributed by atoms with E-state index in [0.29, 0.717) is 17.3 Å². The molecule has 2 saturated heterocycles. The molecule has 7 aliphatic rings. The zero-order chi connectivity index (χ0) is 15.8. The first kappa shape index (κ1) is 15.0. The Balaban J connectivity index is 1.21. The van der Waals surface area contributed by atoms with Gasteiger partial charge in [0.2, 0.25) is 11.6 Å². The Morgan fingerprint density at radius 2 is 1.29 bits per heavy atom. The van der Waals surface area contributed by atoms with Crippen LogP contribution in [-0.2, 0) is 14.5 Å². The molecule has 5 saturated carbocycles. The lowest BCUT2D eigenvalue weighted by molar-refractivity contribution is -0.390. The second kappa shape index (κ2) is 4.97. The fourth-order valence-corrected chi connectivity index (χ4v) is 7.41. The van der Waals surface area contributed by atoms with E-state index in [1.54, 1.807) is 0 Å². The van der Waals surface area contributed by atoms with Gasteiger partial charge in [-0.3, -0.25) is 0 Å². The minimum atomic E-state index is -0.425. The van der Waals surface area contributed by atoms with Crippen LogP contribution in [0.4, 0.5) is 0 Å². The number of nitrogens with one attached hydrogen (secondary N) is 1. The Labute approximate surface area is 144 Å². The van der Waals surface area contributed by atoms with Crippen LogP contribution in [-0.4, -0.2) is 24.7 Å². The molecule has 2 heterocycles. The van der Waals surface area contributed by atoms with Crippen molar-refractivity contribution in [2.75, 3.05) is 13.1 Å². The van der Waals surface area contributed by atoms with Crippen molar-refractivity contribution >= 4 is 0 Å². The minimum absolute atomic E-state index is 0.383. The molecule has 7 fully saturated rings. The van der Waals surface area contributed by atoms with Crippen LogP contribution in [0.3, 0.4) is 0 Å². The molecule has 0 atom stereocenters. The largest absolute Gasteiger partial charge is 0.317 e. The van der Waals surface area contributed by atoms with E-state index in [4.69, 9.17) is 14.5 Å². The summed E-state index contributed by atoms with van der Waals surface area (Å²) < 4.78 is 6.83. The van der Waals surface area contributed by atoms with Crippen molar-refractivity contribution in [3.8, 4) is 0 Å². The molecule has 4 bridgehead atoms. The number of hydrogen-bond acceptors (Lipinski definition) is 4. The van der Waals surface area contributed by atoms with Crippen molar-refractivity contribution in [1.29, 1.82) is 0 Å². The van der Waals surface area contributed by atoms with Crippen molar-refractivity contribution < 1.29 is 14.5 Å².